The predicted molar refractivity (Wildman–Crippen MR) is 179 cm³/mol. The highest BCUT2D eigenvalue weighted by Crippen LogP contribution is 2.32. The molecule has 2 fully saturated rings. The van der Waals surface area contributed by atoms with Gasteiger partial charge in [0, 0.05) is 16.1 Å². The molecule has 1 aliphatic carbocycles. The second-order valence-electron chi connectivity index (χ2n) is 11.6. The van der Waals surface area contributed by atoms with Gasteiger partial charge in [-0.05, 0) is 125 Å². The molecule has 9 nitrogen and oxygen atoms in total. The van der Waals surface area contributed by atoms with Gasteiger partial charge >= 0.3 is 0 Å². The van der Waals surface area contributed by atoms with Crippen LogP contribution >= 0.6 is 27.5 Å². The maximum Gasteiger partial charge on any atom is 0.295 e. The quantitative estimate of drug-likeness (QED) is 0.217. The van der Waals surface area contributed by atoms with Gasteiger partial charge in [-0.2, -0.15) is 8.42 Å². The van der Waals surface area contributed by atoms with Crippen molar-refractivity contribution in [3.05, 3.63) is 87.9 Å². The minimum absolute atomic E-state index is 0.0927. The van der Waals surface area contributed by atoms with E-state index in [2.05, 4.69) is 31.5 Å². The molecule has 3 aromatic carbocycles. The number of amides is 2. The standard InChI is InChI=1S/C33H38BrClN4O5S/c34-26-12-17-31(30(35)22-26)44-39(28-6-2-1-3-7-28)45(42,43)29-15-10-25(11-16-29)33(41)36-23-32(40)37-27-13-8-24(9-14-27)18-21-38-19-4-5-20-38/h1-3,6-7,10-12,15-17,22,24,27H,4-5,8-9,13-14,18-21,23H2,(H,36,41)(H,37,40). The van der Waals surface area contributed by atoms with Crippen LogP contribution in [0.3, 0.4) is 0 Å². The van der Waals surface area contributed by atoms with Crippen LogP contribution in [0.4, 0.5) is 5.69 Å². The van der Waals surface area contributed by atoms with E-state index in [1.165, 1.54) is 63.2 Å². The molecule has 240 valence electrons. The van der Waals surface area contributed by atoms with Crippen LogP contribution in [-0.2, 0) is 14.8 Å². The molecule has 1 saturated carbocycles. The Balaban J connectivity index is 1.14. The number of halogens is 2. The molecule has 12 heteroatoms. The molecule has 1 aliphatic heterocycles. The van der Waals surface area contributed by atoms with Gasteiger partial charge < -0.3 is 20.4 Å². The molecule has 2 amide bonds. The summed E-state index contributed by atoms with van der Waals surface area (Å²) in [6.07, 6.45) is 8.00. The zero-order chi connectivity index (χ0) is 31.8. The third-order valence-corrected chi connectivity index (χ3v) is 10.7. The van der Waals surface area contributed by atoms with Gasteiger partial charge in [0.1, 0.15) is 0 Å². The molecule has 0 atom stereocenters. The number of carbonyl (C=O) groups is 2. The largest absolute Gasteiger partial charge is 0.363 e. The lowest BCUT2D eigenvalue weighted by atomic mass is 9.84. The van der Waals surface area contributed by atoms with E-state index in [9.17, 15) is 18.0 Å². The van der Waals surface area contributed by atoms with E-state index >= 15 is 0 Å². The molecule has 5 rings (SSSR count). The number of benzene rings is 3. The average molecular weight is 718 g/mol. The van der Waals surface area contributed by atoms with Crippen molar-refractivity contribution in [3.8, 4) is 5.75 Å². The summed E-state index contributed by atoms with van der Waals surface area (Å²) in [5.74, 6) is 0.158. The van der Waals surface area contributed by atoms with Gasteiger partial charge in [-0.1, -0.05) is 50.2 Å². The lowest BCUT2D eigenvalue weighted by molar-refractivity contribution is -0.121. The predicted octanol–water partition coefficient (Wildman–Crippen LogP) is 6.18. The van der Waals surface area contributed by atoms with Gasteiger partial charge in [-0.25, -0.2) is 0 Å². The second-order valence-corrected chi connectivity index (χ2v) is 14.6. The lowest BCUT2D eigenvalue weighted by Crippen LogP contribution is -2.43. The molecule has 1 saturated heterocycles. The third-order valence-electron chi connectivity index (χ3n) is 8.35. The Kier molecular flexibility index (Phi) is 11.4. The monoisotopic (exact) mass is 716 g/mol. The fourth-order valence-electron chi connectivity index (χ4n) is 5.81. The van der Waals surface area contributed by atoms with Crippen molar-refractivity contribution in [1.29, 1.82) is 0 Å². The summed E-state index contributed by atoms with van der Waals surface area (Å²) in [5.41, 5.74) is 0.489. The van der Waals surface area contributed by atoms with Crippen molar-refractivity contribution in [2.24, 2.45) is 5.92 Å². The van der Waals surface area contributed by atoms with Crippen molar-refractivity contribution in [3.63, 3.8) is 0 Å². The first-order valence-corrected chi connectivity index (χ1v) is 17.9. The molecule has 0 spiro atoms. The first-order chi connectivity index (χ1) is 21.7. The summed E-state index contributed by atoms with van der Waals surface area (Å²) in [4.78, 5) is 33.6. The van der Waals surface area contributed by atoms with Crippen molar-refractivity contribution in [2.75, 3.05) is 30.6 Å². The van der Waals surface area contributed by atoms with E-state index in [1.807, 2.05) is 0 Å². The van der Waals surface area contributed by atoms with E-state index in [0.717, 1.165) is 36.1 Å². The Hall–Kier alpha value is -3.12. The van der Waals surface area contributed by atoms with E-state index < -0.39 is 15.9 Å². The molecule has 0 bridgehead atoms. The number of para-hydroxylation sites is 1. The third kappa shape index (κ3) is 9.00. The number of nitrogens with zero attached hydrogens (tertiary/aromatic N) is 2. The Morgan fingerprint density at radius 2 is 1.64 bits per heavy atom. The van der Waals surface area contributed by atoms with Crippen LogP contribution in [-0.4, -0.2) is 57.4 Å². The Labute approximate surface area is 278 Å². The van der Waals surface area contributed by atoms with E-state index in [-0.39, 0.29) is 45.4 Å². The number of rotatable bonds is 12. The van der Waals surface area contributed by atoms with E-state index in [0.29, 0.717) is 4.47 Å². The molecule has 0 aromatic heterocycles. The Morgan fingerprint density at radius 1 is 0.956 bits per heavy atom. The molecule has 0 unspecified atom stereocenters. The number of likely N-dealkylation sites (tertiary alicyclic amines) is 1. The zero-order valence-electron chi connectivity index (χ0n) is 25.0. The average Bonchev–Trinajstić information content (AvgIpc) is 3.57. The zero-order valence-corrected chi connectivity index (χ0v) is 28.1. The van der Waals surface area contributed by atoms with Gasteiger partial charge in [-0.3, -0.25) is 9.59 Å². The number of sulfonamides is 1. The summed E-state index contributed by atoms with van der Waals surface area (Å²) in [7, 11) is -4.23. The smallest absolute Gasteiger partial charge is 0.295 e. The summed E-state index contributed by atoms with van der Waals surface area (Å²) in [5, 5.41) is 5.91. The molecule has 0 radical (unpaired) electrons. The highest BCUT2D eigenvalue weighted by Gasteiger charge is 2.29. The Morgan fingerprint density at radius 3 is 2.31 bits per heavy atom. The van der Waals surface area contributed by atoms with Crippen molar-refractivity contribution in [2.45, 2.75) is 55.9 Å². The molecule has 1 heterocycles. The normalized spacial score (nSPS) is 18.7. The lowest BCUT2D eigenvalue weighted by Gasteiger charge is -2.30. The maximum atomic E-state index is 13.7. The topological polar surface area (TPSA) is 108 Å². The van der Waals surface area contributed by atoms with Crippen LogP contribution in [0.2, 0.25) is 5.02 Å². The van der Waals surface area contributed by atoms with Crippen molar-refractivity contribution < 1.29 is 22.8 Å². The molecule has 2 N–H and O–H groups in total. The van der Waals surface area contributed by atoms with Crippen LogP contribution in [0.5, 0.6) is 5.75 Å². The fourth-order valence-corrected chi connectivity index (χ4v) is 7.77. The van der Waals surface area contributed by atoms with Crippen LogP contribution in [0.15, 0.2) is 82.2 Å². The first-order valence-electron chi connectivity index (χ1n) is 15.3. The highest BCUT2D eigenvalue weighted by atomic mass is 79.9. The highest BCUT2D eigenvalue weighted by molar-refractivity contribution is 9.10. The number of hydrogen-bond donors (Lipinski definition) is 2. The van der Waals surface area contributed by atoms with Gasteiger partial charge in [0.15, 0.2) is 5.75 Å². The molecule has 3 aromatic rings. The van der Waals surface area contributed by atoms with Crippen LogP contribution < -0.4 is 19.9 Å². The molecular weight excluding hydrogens is 680 g/mol. The number of carbonyl (C=O) groups excluding carboxylic acids is 2. The van der Waals surface area contributed by atoms with Gasteiger partial charge in [0.25, 0.3) is 15.9 Å². The van der Waals surface area contributed by atoms with Crippen LogP contribution in [0.25, 0.3) is 0 Å². The van der Waals surface area contributed by atoms with Crippen LogP contribution in [0, 0.1) is 5.92 Å². The summed E-state index contributed by atoms with van der Waals surface area (Å²) >= 11 is 9.64. The summed E-state index contributed by atoms with van der Waals surface area (Å²) in [6, 6.07) is 18.8. The minimum Gasteiger partial charge on any atom is -0.363 e. The van der Waals surface area contributed by atoms with Crippen LogP contribution in [0.1, 0.15) is 55.3 Å². The number of anilines is 1. The van der Waals surface area contributed by atoms with Gasteiger partial charge in [0.05, 0.1) is 22.2 Å². The molecule has 45 heavy (non-hydrogen) atoms. The first kappa shape index (κ1) is 33.2. The number of nitrogens with one attached hydrogen (secondary N) is 2. The maximum absolute atomic E-state index is 13.7. The van der Waals surface area contributed by atoms with E-state index in [1.54, 1.807) is 48.5 Å². The van der Waals surface area contributed by atoms with Gasteiger partial charge in [0.2, 0.25) is 5.91 Å². The Bertz CT molecular complexity index is 1560. The number of hydrogen-bond acceptors (Lipinski definition) is 6. The summed E-state index contributed by atoms with van der Waals surface area (Å²) < 4.78 is 28.9. The van der Waals surface area contributed by atoms with E-state index in [4.69, 9.17) is 16.4 Å². The molecule has 2 aliphatic rings. The van der Waals surface area contributed by atoms with Crippen molar-refractivity contribution >= 4 is 55.1 Å². The minimum atomic E-state index is -4.23. The van der Waals surface area contributed by atoms with Crippen molar-refractivity contribution in [1.82, 2.24) is 15.5 Å². The second kappa shape index (κ2) is 15.4. The summed E-state index contributed by atoms with van der Waals surface area (Å²) in [6.45, 7) is 3.48. The molecular formula is C33H38BrClN4O5S. The van der Waals surface area contributed by atoms with Gasteiger partial charge in [-0.15, -0.1) is 0 Å². The fraction of sp³-hybridized carbons (Fsp3) is 0.394. The SMILES string of the molecule is O=C(CNC(=O)c1ccc(S(=O)(=O)N(Oc2ccc(Br)cc2Cl)c2ccccc2)cc1)NC1CCC(CCN2CCCC2)CC1.